The van der Waals surface area contributed by atoms with Crippen molar-refractivity contribution in [3.63, 3.8) is 0 Å². The SMILES string of the molecule is CC(N)c1coc(CC(=O)O)n1. The third-order valence-electron chi connectivity index (χ3n) is 1.34. The minimum absolute atomic E-state index is 0.190. The zero-order valence-corrected chi connectivity index (χ0v) is 6.65. The van der Waals surface area contributed by atoms with E-state index < -0.39 is 5.97 Å². The number of carbonyl (C=O) groups is 1. The summed E-state index contributed by atoms with van der Waals surface area (Å²) in [6.07, 6.45) is 1.18. The standard InChI is InChI=1S/C7H10N2O3/c1-4(8)5-3-12-6(9-5)2-7(10)11/h3-4H,2,8H2,1H3,(H,10,11). The number of oxazole rings is 1. The molecule has 0 aliphatic heterocycles. The van der Waals surface area contributed by atoms with E-state index in [1.54, 1.807) is 6.92 Å². The molecule has 0 spiro atoms. The highest BCUT2D eigenvalue weighted by Crippen LogP contribution is 2.09. The summed E-state index contributed by atoms with van der Waals surface area (Å²) in [5, 5.41) is 8.38. The summed E-state index contributed by atoms with van der Waals surface area (Å²) in [5.41, 5.74) is 6.06. The third kappa shape index (κ3) is 2.06. The van der Waals surface area contributed by atoms with Crippen molar-refractivity contribution in [3.05, 3.63) is 17.8 Å². The highest BCUT2D eigenvalue weighted by Gasteiger charge is 2.09. The van der Waals surface area contributed by atoms with Crippen LogP contribution in [0.25, 0.3) is 0 Å². The highest BCUT2D eigenvalue weighted by molar-refractivity contribution is 5.68. The fourth-order valence-corrected chi connectivity index (χ4v) is 0.745. The van der Waals surface area contributed by atoms with E-state index in [0.717, 1.165) is 0 Å². The Hall–Kier alpha value is -1.36. The topological polar surface area (TPSA) is 89.3 Å². The molecule has 0 aliphatic carbocycles. The van der Waals surface area contributed by atoms with Crippen LogP contribution in [0.2, 0.25) is 0 Å². The molecule has 0 saturated carbocycles. The first-order valence-corrected chi connectivity index (χ1v) is 3.51. The summed E-state index contributed by atoms with van der Waals surface area (Å²) < 4.78 is 4.86. The number of nitrogens with two attached hydrogens (primary N) is 1. The van der Waals surface area contributed by atoms with Crippen LogP contribution < -0.4 is 5.73 Å². The van der Waals surface area contributed by atoms with Gasteiger partial charge in [0.15, 0.2) is 0 Å². The molecular weight excluding hydrogens is 160 g/mol. The molecule has 1 aromatic rings. The molecule has 1 unspecified atom stereocenters. The molecule has 12 heavy (non-hydrogen) atoms. The van der Waals surface area contributed by atoms with Gasteiger partial charge in [-0.15, -0.1) is 0 Å². The van der Waals surface area contributed by atoms with Crippen molar-refractivity contribution in [2.24, 2.45) is 5.73 Å². The van der Waals surface area contributed by atoms with E-state index in [2.05, 4.69) is 4.98 Å². The van der Waals surface area contributed by atoms with Gasteiger partial charge in [0.25, 0.3) is 0 Å². The van der Waals surface area contributed by atoms with Gasteiger partial charge in [0.05, 0.1) is 5.69 Å². The number of rotatable bonds is 3. The summed E-state index contributed by atoms with van der Waals surface area (Å²) in [5.74, 6) is -0.775. The van der Waals surface area contributed by atoms with Crippen LogP contribution >= 0.6 is 0 Å². The van der Waals surface area contributed by atoms with Gasteiger partial charge in [0, 0.05) is 6.04 Å². The van der Waals surface area contributed by atoms with Crippen LogP contribution in [-0.2, 0) is 11.2 Å². The molecule has 0 aromatic carbocycles. The average molecular weight is 170 g/mol. The number of aliphatic carboxylic acids is 1. The van der Waals surface area contributed by atoms with Crippen LogP contribution in [0.3, 0.4) is 0 Å². The largest absolute Gasteiger partial charge is 0.481 e. The maximum Gasteiger partial charge on any atom is 0.312 e. The van der Waals surface area contributed by atoms with Crippen molar-refractivity contribution in [1.29, 1.82) is 0 Å². The van der Waals surface area contributed by atoms with Gasteiger partial charge in [-0.3, -0.25) is 4.79 Å². The van der Waals surface area contributed by atoms with Gasteiger partial charge in [0.1, 0.15) is 12.7 Å². The summed E-state index contributed by atoms with van der Waals surface area (Å²) in [6, 6.07) is -0.226. The molecule has 1 rings (SSSR count). The van der Waals surface area contributed by atoms with E-state index in [1.807, 2.05) is 0 Å². The van der Waals surface area contributed by atoms with Crippen molar-refractivity contribution >= 4 is 5.97 Å². The fourth-order valence-electron chi connectivity index (χ4n) is 0.745. The molecule has 0 amide bonds. The molecule has 0 radical (unpaired) electrons. The molecule has 0 fully saturated rings. The molecule has 66 valence electrons. The lowest BCUT2D eigenvalue weighted by atomic mass is 10.3. The lowest BCUT2D eigenvalue weighted by molar-refractivity contribution is -0.136. The summed E-state index contributed by atoms with van der Waals surface area (Å²) in [6.45, 7) is 1.75. The molecular formula is C7H10N2O3. The molecule has 1 heterocycles. The number of carboxylic acids is 1. The first-order valence-electron chi connectivity index (χ1n) is 3.51. The molecule has 0 saturated heterocycles. The molecule has 0 aliphatic rings. The van der Waals surface area contributed by atoms with E-state index >= 15 is 0 Å². The lowest BCUT2D eigenvalue weighted by Crippen LogP contribution is -2.06. The second-order valence-corrected chi connectivity index (χ2v) is 2.53. The van der Waals surface area contributed by atoms with Crippen LogP contribution in [0.4, 0.5) is 0 Å². The number of aromatic nitrogens is 1. The van der Waals surface area contributed by atoms with Gasteiger partial charge in [-0.25, -0.2) is 4.98 Å². The van der Waals surface area contributed by atoms with Crippen LogP contribution in [0.15, 0.2) is 10.7 Å². The molecule has 1 atom stereocenters. The highest BCUT2D eigenvalue weighted by atomic mass is 16.4. The minimum Gasteiger partial charge on any atom is -0.481 e. The van der Waals surface area contributed by atoms with E-state index in [-0.39, 0.29) is 18.4 Å². The Labute approximate surface area is 69.2 Å². The maximum absolute atomic E-state index is 10.2. The molecule has 3 N–H and O–H groups in total. The predicted molar refractivity (Wildman–Crippen MR) is 40.4 cm³/mol. The van der Waals surface area contributed by atoms with Gasteiger partial charge in [-0.05, 0) is 6.92 Å². The number of carboxylic acid groups (broad SMARTS) is 1. The summed E-state index contributed by atoms with van der Waals surface area (Å²) in [7, 11) is 0. The van der Waals surface area contributed by atoms with E-state index in [9.17, 15) is 4.79 Å². The van der Waals surface area contributed by atoms with E-state index in [0.29, 0.717) is 5.69 Å². The van der Waals surface area contributed by atoms with Crippen LogP contribution in [0.5, 0.6) is 0 Å². The van der Waals surface area contributed by atoms with Crippen molar-refractivity contribution < 1.29 is 14.3 Å². The maximum atomic E-state index is 10.2. The number of hydrogen-bond acceptors (Lipinski definition) is 4. The van der Waals surface area contributed by atoms with Gasteiger partial charge in [-0.1, -0.05) is 0 Å². The van der Waals surface area contributed by atoms with Crippen molar-refractivity contribution in [1.82, 2.24) is 4.98 Å². The Bertz CT molecular complexity index is 280. The van der Waals surface area contributed by atoms with Crippen LogP contribution in [-0.4, -0.2) is 16.1 Å². The molecule has 5 heteroatoms. The first kappa shape index (κ1) is 8.73. The Morgan fingerprint density at radius 2 is 2.58 bits per heavy atom. The summed E-state index contributed by atoms with van der Waals surface area (Å²) in [4.78, 5) is 14.1. The summed E-state index contributed by atoms with van der Waals surface area (Å²) >= 11 is 0. The van der Waals surface area contributed by atoms with Crippen molar-refractivity contribution in [2.45, 2.75) is 19.4 Å². The fraction of sp³-hybridized carbons (Fsp3) is 0.429. The smallest absolute Gasteiger partial charge is 0.312 e. The van der Waals surface area contributed by atoms with Gasteiger partial charge in [-0.2, -0.15) is 0 Å². The van der Waals surface area contributed by atoms with Gasteiger partial charge < -0.3 is 15.3 Å². The Kier molecular flexibility index (Phi) is 2.44. The first-order chi connectivity index (χ1) is 5.59. The molecule has 1 aromatic heterocycles. The average Bonchev–Trinajstić information content (AvgIpc) is 2.34. The van der Waals surface area contributed by atoms with Crippen molar-refractivity contribution in [3.8, 4) is 0 Å². The normalized spacial score (nSPS) is 12.8. The van der Waals surface area contributed by atoms with E-state index in [1.165, 1.54) is 6.26 Å². The van der Waals surface area contributed by atoms with Crippen molar-refractivity contribution in [2.75, 3.05) is 0 Å². The Balaban J connectivity index is 2.70. The van der Waals surface area contributed by atoms with Crippen LogP contribution in [0.1, 0.15) is 24.6 Å². The molecule has 5 nitrogen and oxygen atoms in total. The lowest BCUT2D eigenvalue weighted by Gasteiger charge is -1.94. The third-order valence-corrected chi connectivity index (χ3v) is 1.34. The number of hydrogen-bond donors (Lipinski definition) is 2. The predicted octanol–water partition coefficient (Wildman–Crippen LogP) is 0.321. The van der Waals surface area contributed by atoms with E-state index in [4.69, 9.17) is 15.3 Å². The zero-order chi connectivity index (χ0) is 9.14. The number of nitrogens with zero attached hydrogens (tertiary/aromatic N) is 1. The Morgan fingerprint density at radius 1 is 1.92 bits per heavy atom. The van der Waals surface area contributed by atoms with Crippen LogP contribution in [0, 0.1) is 0 Å². The monoisotopic (exact) mass is 170 g/mol. The van der Waals surface area contributed by atoms with Gasteiger partial charge in [0.2, 0.25) is 5.89 Å². The second-order valence-electron chi connectivity index (χ2n) is 2.53. The molecule has 0 bridgehead atoms. The minimum atomic E-state index is -0.965. The zero-order valence-electron chi connectivity index (χ0n) is 6.65. The Morgan fingerprint density at radius 3 is 3.00 bits per heavy atom. The second kappa shape index (κ2) is 3.36. The van der Waals surface area contributed by atoms with Gasteiger partial charge >= 0.3 is 5.97 Å². The quantitative estimate of drug-likeness (QED) is 0.681.